The van der Waals surface area contributed by atoms with Crippen molar-refractivity contribution >= 4 is 29.3 Å². The molecule has 160 valence electrons. The van der Waals surface area contributed by atoms with E-state index >= 15 is 0 Å². The first kappa shape index (κ1) is 21.8. The highest BCUT2D eigenvalue weighted by Gasteiger charge is 2.26. The predicted octanol–water partition coefficient (Wildman–Crippen LogP) is 3.79. The lowest BCUT2D eigenvalue weighted by Gasteiger charge is -2.22. The van der Waals surface area contributed by atoms with E-state index in [-0.39, 0.29) is 23.8 Å². The number of esters is 1. The van der Waals surface area contributed by atoms with Crippen LogP contribution in [0.4, 0.5) is 5.69 Å². The Morgan fingerprint density at radius 1 is 1.03 bits per heavy atom. The maximum atomic E-state index is 12.9. The third-order valence-corrected chi connectivity index (χ3v) is 6.03. The van der Waals surface area contributed by atoms with Crippen LogP contribution in [0.15, 0.2) is 41.3 Å². The summed E-state index contributed by atoms with van der Waals surface area (Å²) >= 11 is 1.74. The average molecular weight is 432 g/mol. The Bertz CT molecular complexity index is 932. The van der Waals surface area contributed by atoms with Gasteiger partial charge in [0.1, 0.15) is 11.3 Å². The van der Waals surface area contributed by atoms with E-state index in [1.165, 1.54) is 27.4 Å². The van der Waals surface area contributed by atoms with Gasteiger partial charge in [0.25, 0.3) is 5.91 Å². The SMILES string of the molecule is COc1cc(OC)c(C(=O)OCC(=O)N2CCC(C)Sc3ccccc32)cc1OC. The fourth-order valence-corrected chi connectivity index (χ4v) is 4.33. The summed E-state index contributed by atoms with van der Waals surface area (Å²) in [5, 5.41) is 0.391. The molecule has 1 heterocycles. The van der Waals surface area contributed by atoms with Gasteiger partial charge in [-0.15, -0.1) is 11.8 Å². The van der Waals surface area contributed by atoms with Gasteiger partial charge in [0.05, 0.1) is 27.0 Å². The molecule has 30 heavy (non-hydrogen) atoms. The molecule has 1 atom stereocenters. The molecule has 1 aliphatic rings. The van der Waals surface area contributed by atoms with Crippen LogP contribution in [0.3, 0.4) is 0 Å². The number of thioether (sulfide) groups is 1. The van der Waals surface area contributed by atoms with E-state index in [0.29, 0.717) is 23.3 Å². The van der Waals surface area contributed by atoms with Crippen LogP contribution < -0.4 is 19.1 Å². The summed E-state index contributed by atoms with van der Waals surface area (Å²) in [5.41, 5.74) is 1.000. The minimum absolute atomic E-state index is 0.156. The molecule has 7 nitrogen and oxygen atoms in total. The number of benzene rings is 2. The maximum absolute atomic E-state index is 12.9. The molecular formula is C22H25NO6S. The van der Waals surface area contributed by atoms with Crippen molar-refractivity contribution in [1.29, 1.82) is 0 Å². The van der Waals surface area contributed by atoms with Gasteiger partial charge in [0.2, 0.25) is 0 Å². The van der Waals surface area contributed by atoms with Crippen LogP contribution in [0, 0.1) is 0 Å². The number of ether oxygens (including phenoxy) is 4. The molecule has 0 fully saturated rings. The fourth-order valence-electron chi connectivity index (χ4n) is 3.22. The Labute approximate surface area is 180 Å². The largest absolute Gasteiger partial charge is 0.496 e. The monoisotopic (exact) mass is 431 g/mol. The molecule has 0 bridgehead atoms. The molecule has 0 radical (unpaired) electrons. The number of hydrogen-bond donors (Lipinski definition) is 0. The molecule has 0 spiro atoms. The van der Waals surface area contributed by atoms with Crippen molar-refractivity contribution in [2.45, 2.75) is 23.5 Å². The van der Waals surface area contributed by atoms with Crippen molar-refractivity contribution in [3.05, 3.63) is 42.0 Å². The van der Waals surface area contributed by atoms with E-state index in [0.717, 1.165) is 17.0 Å². The first-order valence-electron chi connectivity index (χ1n) is 9.51. The maximum Gasteiger partial charge on any atom is 0.342 e. The molecular weight excluding hydrogens is 406 g/mol. The van der Waals surface area contributed by atoms with Crippen molar-refractivity contribution in [3.63, 3.8) is 0 Å². The summed E-state index contributed by atoms with van der Waals surface area (Å²) in [7, 11) is 4.40. The number of carbonyl (C=O) groups is 2. The number of carbonyl (C=O) groups excluding carboxylic acids is 2. The van der Waals surface area contributed by atoms with E-state index in [1.807, 2.05) is 24.3 Å². The number of methoxy groups -OCH3 is 3. The lowest BCUT2D eigenvalue weighted by molar-refractivity contribution is -0.121. The third-order valence-electron chi connectivity index (χ3n) is 4.80. The first-order chi connectivity index (χ1) is 14.5. The van der Waals surface area contributed by atoms with Crippen molar-refractivity contribution in [2.75, 3.05) is 39.4 Å². The third kappa shape index (κ3) is 4.64. The standard InChI is InChI=1S/C22H25NO6S/c1-14-9-10-23(16-7-5-6-8-20(16)30-14)21(24)13-29-22(25)15-11-18(27-3)19(28-4)12-17(15)26-2/h5-8,11-12,14H,9-10,13H2,1-4H3. The molecule has 1 unspecified atom stereocenters. The van der Waals surface area contributed by atoms with E-state index in [4.69, 9.17) is 18.9 Å². The molecule has 1 aliphatic heterocycles. The van der Waals surface area contributed by atoms with Crippen molar-refractivity contribution < 1.29 is 28.5 Å². The zero-order valence-electron chi connectivity index (χ0n) is 17.5. The molecule has 0 N–H and O–H groups in total. The van der Waals surface area contributed by atoms with Gasteiger partial charge in [-0.1, -0.05) is 19.1 Å². The van der Waals surface area contributed by atoms with Crippen LogP contribution in [0.5, 0.6) is 17.2 Å². The molecule has 2 aromatic rings. The van der Waals surface area contributed by atoms with Gasteiger partial charge < -0.3 is 23.8 Å². The number of nitrogens with zero attached hydrogens (tertiary/aromatic N) is 1. The van der Waals surface area contributed by atoms with Crippen LogP contribution >= 0.6 is 11.8 Å². The molecule has 0 saturated heterocycles. The van der Waals surface area contributed by atoms with E-state index in [9.17, 15) is 9.59 Å². The number of hydrogen-bond acceptors (Lipinski definition) is 7. The minimum atomic E-state index is -0.674. The van der Waals surface area contributed by atoms with Crippen LogP contribution in [0.25, 0.3) is 0 Å². The second-order valence-corrected chi connectivity index (χ2v) is 8.19. The van der Waals surface area contributed by atoms with Gasteiger partial charge >= 0.3 is 5.97 Å². The molecule has 0 saturated carbocycles. The summed E-state index contributed by atoms with van der Waals surface area (Å²) in [6, 6.07) is 10.8. The van der Waals surface area contributed by atoms with Crippen molar-refractivity contribution in [3.8, 4) is 17.2 Å². The van der Waals surface area contributed by atoms with Crippen molar-refractivity contribution in [2.24, 2.45) is 0 Å². The van der Waals surface area contributed by atoms with E-state index in [2.05, 4.69) is 6.92 Å². The van der Waals surface area contributed by atoms with Crippen LogP contribution in [-0.4, -0.2) is 51.6 Å². The topological polar surface area (TPSA) is 74.3 Å². The summed E-state index contributed by atoms with van der Waals surface area (Å²) in [5.74, 6) is 0.117. The smallest absolute Gasteiger partial charge is 0.342 e. The molecule has 8 heteroatoms. The summed E-state index contributed by atoms with van der Waals surface area (Å²) in [4.78, 5) is 28.3. The lowest BCUT2D eigenvalue weighted by atomic mass is 10.1. The van der Waals surface area contributed by atoms with E-state index in [1.54, 1.807) is 22.7 Å². The highest BCUT2D eigenvalue weighted by atomic mass is 32.2. The summed E-state index contributed by atoms with van der Waals surface area (Å²) in [6.45, 7) is 2.34. The van der Waals surface area contributed by atoms with Crippen LogP contribution in [0.2, 0.25) is 0 Å². The van der Waals surface area contributed by atoms with Gasteiger partial charge in [-0.05, 0) is 18.6 Å². The Balaban J connectivity index is 1.76. The molecule has 3 rings (SSSR count). The van der Waals surface area contributed by atoms with Gasteiger partial charge in [-0.3, -0.25) is 4.79 Å². The zero-order valence-corrected chi connectivity index (χ0v) is 18.3. The molecule has 0 aromatic heterocycles. The number of para-hydroxylation sites is 1. The number of anilines is 1. The van der Waals surface area contributed by atoms with Crippen LogP contribution in [0.1, 0.15) is 23.7 Å². The van der Waals surface area contributed by atoms with E-state index < -0.39 is 5.97 Å². The second-order valence-electron chi connectivity index (χ2n) is 6.71. The first-order valence-corrected chi connectivity index (χ1v) is 10.4. The highest BCUT2D eigenvalue weighted by Crippen LogP contribution is 2.37. The van der Waals surface area contributed by atoms with Gasteiger partial charge in [0, 0.05) is 28.8 Å². The number of amides is 1. The summed E-state index contributed by atoms with van der Waals surface area (Å²) in [6.07, 6.45) is 0.850. The quantitative estimate of drug-likeness (QED) is 0.644. The second kappa shape index (κ2) is 9.75. The van der Waals surface area contributed by atoms with Crippen molar-refractivity contribution in [1.82, 2.24) is 0 Å². The minimum Gasteiger partial charge on any atom is -0.496 e. The fraction of sp³-hybridized carbons (Fsp3) is 0.364. The van der Waals surface area contributed by atoms with Gasteiger partial charge in [-0.2, -0.15) is 0 Å². The molecule has 0 aliphatic carbocycles. The Morgan fingerprint density at radius 2 is 1.70 bits per heavy atom. The van der Waals surface area contributed by atoms with Gasteiger partial charge in [0.15, 0.2) is 18.1 Å². The van der Waals surface area contributed by atoms with Gasteiger partial charge in [-0.25, -0.2) is 4.79 Å². The lowest BCUT2D eigenvalue weighted by Crippen LogP contribution is -2.35. The van der Waals surface area contributed by atoms with Crippen LogP contribution in [-0.2, 0) is 9.53 Å². The zero-order chi connectivity index (χ0) is 21.7. The average Bonchev–Trinajstić information content (AvgIpc) is 2.94. The Hall–Kier alpha value is -2.87. The Morgan fingerprint density at radius 3 is 2.40 bits per heavy atom. The normalized spacial score (nSPS) is 15.6. The predicted molar refractivity (Wildman–Crippen MR) is 115 cm³/mol. The Kier molecular flexibility index (Phi) is 7.10. The number of fused-ring (bicyclic) bond motifs is 1. The highest BCUT2D eigenvalue weighted by molar-refractivity contribution is 8.00. The molecule has 2 aromatic carbocycles. The number of rotatable bonds is 6. The summed E-state index contributed by atoms with van der Waals surface area (Å²) < 4.78 is 21.1. The molecule has 1 amide bonds.